The van der Waals surface area contributed by atoms with Crippen molar-refractivity contribution in [1.29, 1.82) is 0 Å². The Hall–Kier alpha value is -3.98. The zero-order chi connectivity index (χ0) is 27.7. The van der Waals surface area contributed by atoms with Gasteiger partial charge in [0.1, 0.15) is 17.6 Å². The fourth-order valence-corrected chi connectivity index (χ4v) is 4.93. The van der Waals surface area contributed by atoms with Crippen LogP contribution in [0.5, 0.6) is 5.75 Å². The standard InChI is InChI=1S/C27H28F4N6O2/c1-36-10-7-19(18(28)15-36)34-21-6-4-9-37-23(13-27(29,30)31)20(35-25(21)37)5-3-8-32-22-11-16-14-33-26(38)17(16)12-24(22)39-2/h4,6,9,11-12,18-19,32,34H,7-8,10,13-15H2,1-2H3,(H,33,38)/t18-,19+/m0/s1. The van der Waals surface area contributed by atoms with Crippen molar-refractivity contribution in [2.75, 3.05) is 44.4 Å². The SMILES string of the molecule is COc1cc2c(cc1NCC#Cc1nc3c(N[C@@H]4CCN(C)C[C@@H]4F)cccn3c1CC(F)(F)F)CNC2=O. The van der Waals surface area contributed by atoms with E-state index in [2.05, 4.69) is 32.8 Å². The van der Waals surface area contributed by atoms with Gasteiger partial charge in [0.15, 0.2) is 5.65 Å². The first-order chi connectivity index (χ1) is 18.6. The number of fused-ring (bicyclic) bond motifs is 2. The van der Waals surface area contributed by atoms with Gasteiger partial charge in [-0.05, 0) is 49.2 Å². The van der Waals surface area contributed by atoms with Crippen LogP contribution in [0.25, 0.3) is 5.65 Å². The van der Waals surface area contributed by atoms with E-state index in [4.69, 9.17) is 4.74 Å². The van der Waals surface area contributed by atoms with Crippen LogP contribution in [0.2, 0.25) is 0 Å². The van der Waals surface area contributed by atoms with Gasteiger partial charge in [-0.25, -0.2) is 9.37 Å². The van der Waals surface area contributed by atoms with E-state index in [0.29, 0.717) is 42.2 Å². The maximum atomic E-state index is 14.6. The predicted molar refractivity (Wildman–Crippen MR) is 139 cm³/mol. The maximum Gasteiger partial charge on any atom is 0.394 e. The molecule has 2 atom stereocenters. The lowest BCUT2D eigenvalue weighted by Crippen LogP contribution is -2.46. The summed E-state index contributed by atoms with van der Waals surface area (Å²) in [5.74, 6) is 5.90. The fraction of sp³-hybridized carbons (Fsp3) is 0.407. The summed E-state index contributed by atoms with van der Waals surface area (Å²) in [4.78, 5) is 18.2. The van der Waals surface area contributed by atoms with Gasteiger partial charge in [0, 0.05) is 31.4 Å². The van der Waals surface area contributed by atoms with Gasteiger partial charge in [-0.2, -0.15) is 13.2 Å². The molecular formula is C27H28F4N6O2. The summed E-state index contributed by atoms with van der Waals surface area (Å²) in [6, 6.07) is 6.24. The summed E-state index contributed by atoms with van der Waals surface area (Å²) in [6.45, 7) is 1.48. The number of nitrogens with zero attached hydrogens (tertiary/aromatic N) is 3. The number of rotatable bonds is 6. The minimum absolute atomic E-state index is 0.000680. The summed E-state index contributed by atoms with van der Waals surface area (Å²) < 4.78 is 61.9. The van der Waals surface area contributed by atoms with Crippen LogP contribution in [-0.4, -0.2) is 72.4 Å². The molecule has 2 aliphatic rings. The van der Waals surface area contributed by atoms with Crippen LogP contribution in [0.4, 0.5) is 28.9 Å². The van der Waals surface area contributed by atoms with E-state index in [0.717, 1.165) is 5.56 Å². The van der Waals surface area contributed by atoms with Crippen molar-refractivity contribution in [2.45, 2.75) is 37.8 Å². The fourth-order valence-electron chi connectivity index (χ4n) is 4.93. The summed E-state index contributed by atoms with van der Waals surface area (Å²) in [6.07, 6.45) is -4.75. The Morgan fingerprint density at radius 3 is 2.85 bits per heavy atom. The second-order valence-electron chi connectivity index (χ2n) is 9.68. The number of benzene rings is 1. The molecule has 0 bridgehead atoms. The molecule has 0 radical (unpaired) electrons. The lowest BCUT2D eigenvalue weighted by atomic mass is 10.0. The maximum absolute atomic E-state index is 14.6. The smallest absolute Gasteiger partial charge is 0.394 e. The Kier molecular flexibility index (Phi) is 7.27. The topological polar surface area (TPSA) is 82.9 Å². The Morgan fingerprint density at radius 1 is 1.28 bits per heavy atom. The van der Waals surface area contributed by atoms with Crippen LogP contribution < -0.4 is 20.7 Å². The number of halogens is 4. The number of anilines is 2. The second kappa shape index (κ2) is 10.6. The Morgan fingerprint density at radius 2 is 2.10 bits per heavy atom. The third-order valence-corrected chi connectivity index (χ3v) is 6.89. The van der Waals surface area contributed by atoms with Gasteiger partial charge < -0.3 is 30.0 Å². The lowest BCUT2D eigenvalue weighted by molar-refractivity contribution is -0.128. The van der Waals surface area contributed by atoms with Gasteiger partial charge in [0.2, 0.25) is 0 Å². The largest absolute Gasteiger partial charge is 0.495 e. The summed E-state index contributed by atoms with van der Waals surface area (Å²) in [5.41, 5.74) is 2.58. The summed E-state index contributed by atoms with van der Waals surface area (Å²) >= 11 is 0. The van der Waals surface area contributed by atoms with Crippen LogP contribution in [0.1, 0.15) is 33.7 Å². The molecule has 1 saturated heterocycles. The van der Waals surface area contributed by atoms with Gasteiger partial charge >= 0.3 is 6.18 Å². The number of alkyl halides is 4. The number of imidazole rings is 1. The first-order valence-corrected chi connectivity index (χ1v) is 12.5. The van der Waals surface area contributed by atoms with E-state index in [-0.39, 0.29) is 36.0 Å². The average Bonchev–Trinajstić information content (AvgIpc) is 3.42. The third-order valence-electron chi connectivity index (χ3n) is 6.89. The lowest BCUT2D eigenvalue weighted by Gasteiger charge is -2.33. The van der Waals surface area contributed by atoms with E-state index in [1.54, 1.807) is 24.3 Å². The molecule has 1 aromatic carbocycles. The molecule has 1 amide bonds. The van der Waals surface area contributed by atoms with Crippen molar-refractivity contribution >= 4 is 22.9 Å². The highest BCUT2D eigenvalue weighted by atomic mass is 19.4. The number of likely N-dealkylation sites (tertiary alicyclic amines) is 1. The number of pyridine rings is 1. The highest BCUT2D eigenvalue weighted by Crippen LogP contribution is 2.31. The Bertz CT molecular complexity index is 1460. The molecule has 1 fully saturated rings. The normalized spacial score (nSPS) is 19.3. The molecule has 39 heavy (non-hydrogen) atoms. The molecule has 12 heteroatoms. The molecular weight excluding hydrogens is 516 g/mol. The number of ether oxygens (including phenoxy) is 1. The first-order valence-electron chi connectivity index (χ1n) is 12.5. The van der Waals surface area contributed by atoms with Crippen molar-refractivity contribution in [3.8, 4) is 17.6 Å². The number of carbonyl (C=O) groups excluding carboxylic acids is 1. The van der Waals surface area contributed by atoms with E-state index in [9.17, 15) is 22.4 Å². The van der Waals surface area contributed by atoms with Crippen LogP contribution in [-0.2, 0) is 13.0 Å². The number of nitrogens with one attached hydrogen (secondary N) is 3. The summed E-state index contributed by atoms with van der Waals surface area (Å²) in [5, 5.41) is 9.00. The van der Waals surface area contributed by atoms with E-state index in [1.807, 2.05) is 11.9 Å². The summed E-state index contributed by atoms with van der Waals surface area (Å²) in [7, 11) is 3.33. The molecule has 206 valence electrons. The van der Waals surface area contributed by atoms with Crippen molar-refractivity contribution in [3.63, 3.8) is 0 Å². The molecule has 2 aromatic heterocycles. The van der Waals surface area contributed by atoms with E-state index in [1.165, 1.54) is 17.7 Å². The zero-order valence-electron chi connectivity index (χ0n) is 21.5. The van der Waals surface area contributed by atoms with Gasteiger partial charge in [0.25, 0.3) is 5.91 Å². The van der Waals surface area contributed by atoms with E-state index < -0.39 is 24.8 Å². The monoisotopic (exact) mass is 544 g/mol. The molecule has 0 spiro atoms. The minimum Gasteiger partial charge on any atom is -0.495 e. The molecule has 8 nitrogen and oxygen atoms in total. The zero-order valence-corrected chi connectivity index (χ0v) is 21.5. The van der Waals surface area contributed by atoms with E-state index >= 15 is 0 Å². The molecule has 2 aliphatic heterocycles. The van der Waals surface area contributed by atoms with Gasteiger partial charge in [-0.15, -0.1) is 0 Å². The van der Waals surface area contributed by atoms with Gasteiger partial charge in [-0.3, -0.25) is 4.79 Å². The number of aromatic nitrogens is 2. The third kappa shape index (κ3) is 5.73. The Balaban J connectivity index is 1.41. The molecule has 3 N–H and O–H groups in total. The minimum atomic E-state index is -4.48. The Labute approximate surface area is 222 Å². The van der Waals surface area contributed by atoms with Crippen molar-refractivity contribution in [2.24, 2.45) is 0 Å². The average molecular weight is 545 g/mol. The number of hydrogen-bond acceptors (Lipinski definition) is 6. The molecule has 0 unspecified atom stereocenters. The van der Waals surface area contributed by atoms with Crippen LogP contribution in [0.3, 0.4) is 0 Å². The second-order valence-corrected chi connectivity index (χ2v) is 9.68. The van der Waals surface area contributed by atoms with Crippen molar-refractivity contribution < 1.29 is 27.1 Å². The molecule has 0 saturated carbocycles. The van der Waals surface area contributed by atoms with Crippen molar-refractivity contribution in [1.82, 2.24) is 19.6 Å². The molecule has 0 aliphatic carbocycles. The van der Waals surface area contributed by atoms with Crippen LogP contribution in [0.15, 0.2) is 30.5 Å². The predicted octanol–water partition coefficient (Wildman–Crippen LogP) is 3.61. The van der Waals surface area contributed by atoms with Crippen LogP contribution >= 0.6 is 0 Å². The number of amides is 1. The van der Waals surface area contributed by atoms with Crippen molar-refractivity contribution in [3.05, 3.63) is 53.0 Å². The van der Waals surface area contributed by atoms with Crippen LogP contribution in [0, 0.1) is 11.8 Å². The molecule has 4 heterocycles. The quantitative estimate of drug-likeness (QED) is 0.325. The first kappa shape index (κ1) is 26.6. The van der Waals surface area contributed by atoms with Gasteiger partial charge in [-0.1, -0.05) is 5.92 Å². The number of hydrogen-bond donors (Lipinski definition) is 3. The molecule has 5 rings (SSSR count). The highest BCUT2D eigenvalue weighted by molar-refractivity contribution is 5.99. The number of carbonyl (C=O) groups is 1. The molecule has 3 aromatic rings. The van der Waals surface area contributed by atoms with Gasteiger partial charge in [0.05, 0.1) is 43.2 Å². The highest BCUT2D eigenvalue weighted by Gasteiger charge is 2.32. The number of methoxy groups -OCH3 is 1. The number of piperidine rings is 1.